The molecule has 0 aromatic heterocycles. The van der Waals surface area contributed by atoms with Crippen LogP contribution in [-0.4, -0.2) is 11.5 Å². The first-order valence-electron chi connectivity index (χ1n) is 9.24. The van der Waals surface area contributed by atoms with Crippen LogP contribution >= 0.6 is 23.2 Å². The lowest BCUT2D eigenvalue weighted by molar-refractivity contribution is -0.00737. The monoisotopic (exact) mass is 403 g/mol. The van der Waals surface area contributed by atoms with E-state index in [2.05, 4.69) is 18.1 Å². The van der Waals surface area contributed by atoms with E-state index in [-0.39, 0.29) is 5.78 Å². The van der Waals surface area contributed by atoms with Crippen LogP contribution in [0.15, 0.2) is 41.6 Å². The Kier molecular flexibility index (Phi) is 5.92. The average molecular weight is 404 g/mol. The lowest BCUT2D eigenvalue weighted by Gasteiger charge is -2.22. The molecule has 0 fully saturated rings. The van der Waals surface area contributed by atoms with E-state index in [9.17, 15) is 4.79 Å². The minimum Gasteiger partial charge on any atom is -0.384 e. The van der Waals surface area contributed by atoms with Crippen molar-refractivity contribution < 1.29 is 9.63 Å². The van der Waals surface area contributed by atoms with E-state index in [0.717, 1.165) is 40.8 Å². The molecule has 0 saturated heterocycles. The zero-order chi connectivity index (χ0) is 19.6. The number of rotatable bonds is 6. The van der Waals surface area contributed by atoms with Gasteiger partial charge in [0.15, 0.2) is 11.4 Å². The van der Waals surface area contributed by atoms with Crippen LogP contribution in [0.5, 0.6) is 0 Å². The molecule has 0 bridgehead atoms. The number of halogens is 2. The quantitative estimate of drug-likeness (QED) is 0.510. The van der Waals surface area contributed by atoms with Gasteiger partial charge in [-0.2, -0.15) is 0 Å². The van der Waals surface area contributed by atoms with Crippen LogP contribution in [-0.2, 0) is 16.9 Å². The Morgan fingerprint density at radius 2 is 1.85 bits per heavy atom. The molecular formula is C22H23Cl2NO2. The maximum Gasteiger partial charge on any atom is 0.165 e. The lowest BCUT2D eigenvalue weighted by atomic mass is 9.88. The predicted octanol–water partition coefficient (Wildman–Crippen LogP) is 6.58. The topological polar surface area (TPSA) is 38.7 Å². The third-order valence-corrected chi connectivity index (χ3v) is 5.37. The highest BCUT2D eigenvalue weighted by Gasteiger charge is 2.37. The molecule has 1 aliphatic heterocycles. The highest BCUT2D eigenvalue weighted by molar-refractivity contribution is 6.34. The first-order valence-corrected chi connectivity index (χ1v) is 10.00. The summed E-state index contributed by atoms with van der Waals surface area (Å²) in [6.45, 7) is 6.06. The van der Waals surface area contributed by atoms with Gasteiger partial charge in [-0.1, -0.05) is 54.3 Å². The van der Waals surface area contributed by atoms with Gasteiger partial charge in [0.25, 0.3) is 0 Å². The summed E-state index contributed by atoms with van der Waals surface area (Å²) in [5.74, 6) is 0.198. The molecule has 27 heavy (non-hydrogen) atoms. The molecule has 1 unspecified atom stereocenters. The minimum atomic E-state index is -0.618. The van der Waals surface area contributed by atoms with E-state index >= 15 is 0 Å². The van der Waals surface area contributed by atoms with E-state index in [4.69, 9.17) is 28.0 Å². The van der Waals surface area contributed by atoms with Crippen molar-refractivity contribution in [1.29, 1.82) is 0 Å². The second kappa shape index (κ2) is 8.04. The number of Topliss-reactive ketones (excluding diaryl/α,β-unsaturated/α-hetero) is 1. The summed E-state index contributed by atoms with van der Waals surface area (Å²) in [7, 11) is 0. The fraction of sp³-hybridized carbons (Fsp3) is 0.364. The number of benzene rings is 2. The molecule has 2 aromatic carbocycles. The highest BCUT2D eigenvalue weighted by atomic mass is 35.5. The van der Waals surface area contributed by atoms with Gasteiger partial charge in [0.05, 0.1) is 5.71 Å². The first-order chi connectivity index (χ1) is 12.9. The van der Waals surface area contributed by atoms with Crippen LogP contribution in [0.25, 0.3) is 0 Å². The summed E-state index contributed by atoms with van der Waals surface area (Å²) in [4.78, 5) is 18.1. The molecule has 1 aliphatic rings. The van der Waals surface area contributed by atoms with Gasteiger partial charge in [-0.3, -0.25) is 4.79 Å². The van der Waals surface area contributed by atoms with Crippen LogP contribution in [0, 0.1) is 0 Å². The fourth-order valence-electron chi connectivity index (χ4n) is 3.41. The van der Waals surface area contributed by atoms with Crippen molar-refractivity contribution >= 4 is 34.7 Å². The summed E-state index contributed by atoms with van der Waals surface area (Å²) in [6.07, 6.45) is 2.83. The molecule has 0 N–H and O–H groups in total. The lowest BCUT2D eigenvalue weighted by Crippen LogP contribution is -2.22. The van der Waals surface area contributed by atoms with Crippen LogP contribution in [0.1, 0.15) is 67.1 Å². The summed E-state index contributed by atoms with van der Waals surface area (Å²) >= 11 is 12.3. The molecule has 0 amide bonds. The number of ketones is 1. The van der Waals surface area contributed by atoms with Gasteiger partial charge in [0.2, 0.25) is 0 Å². The number of oxime groups is 1. The number of hydrogen-bond donors (Lipinski definition) is 0. The molecule has 0 aliphatic carbocycles. The molecule has 0 radical (unpaired) electrons. The maximum atomic E-state index is 12.3. The van der Waals surface area contributed by atoms with E-state index in [1.165, 1.54) is 0 Å². The van der Waals surface area contributed by atoms with Crippen molar-refractivity contribution in [3.05, 3.63) is 68.7 Å². The molecule has 1 heterocycles. The van der Waals surface area contributed by atoms with Crippen LogP contribution in [0.4, 0.5) is 0 Å². The smallest absolute Gasteiger partial charge is 0.165 e. The van der Waals surface area contributed by atoms with Crippen molar-refractivity contribution in [1.82, 2.24) is 0 Å². The average Bonchev–Trinajstić information content (AvgIpc) is 3.04. The molecule has 5 heteroatoms. The molecular weight excluding hydrogens is 381 g/mol. The number of aryl methyl sites for hydroxylation is 1. The molecule has 0 spiro atoms. The zero-order valence-electron chi connectivity index (χ0n) is 15.8. The number of hydrogen-bond acceptors (Lipinski definition) is 3. The second-order valence-corrected chi connectivity index (χ2v) is 7.97. The van der Waals surface area contributed by atoms with Crippen LogP contribution < -0.4 is 0 Å². The predicted molar refractivity (Wildman–Crippen MR) is 111 cm³/mol. The van der Waals surface area contributed by atoms with Crippen LogP contribution in [0.2, 0.25) is 10.0 Å². The number of carbonyl (C=O) groups excluding carboxylic acids is 1. The maximum absolute atomic E-state index is 12.3. The zero-order valence-corrected chi connectivity index (χ0v) is 17.3. The van der Waals surface area contributed by atoms with Crippen molar-refractivity contribution in [2.75, 3.05) is 0 Å². The summed E-state index contributed by atoms with van der Waals surface area (Å²) in [5.41, 5.74) is 3.98. The number of carbonyl (C=O) groups is 1. The number of nitrogens with zero attached hydrogens (tertiary/aromatic N) is 1. The Morgan fingerprint density at radius 1 is 1.15 bits per heavy atom. The SMILES string of the molecule is CCCC(=O)c1ccc(C2=NOC(C)(c3cc(Cl)cc(Cl)c3)C2)cc1CC. The van der Waals surface area contributed by atoms with E-state index in [0.29, 0.717) is 22.9 Å². The molecule has 1 atom stereocenters. The van der Waals surface area contributed by atoms with Gasteiger partial charge >= 0.3 is 0 Å². The molecule has 3 nitrogen and oxygen atoms in total. The molecule has 2 aromatic rings. The van der Waals surface area contributed by atoms with Crippen molar-refractivity contribution in [3.8, 4) is 0 Å². The van der Waals surface area contributed by atoms with Gasteiger partial charge in [0, 0.05) is 34.0 Å². The molecule has 142 valence electrons. The Labute approximate surface area is 170 Å². The van der Waals surface area contributed by atoms with Gasteiger partial charge in [0.1, 0.15) is 0 Å². The van der Waals surface area contributed by atoms with Crippen molar-refractivity contribution in [2.45, 2.75) is 52.1 Å². The van der Waals surface area contributed by atoms with Crippen molar-refractivity contribution in [2.24, 2.45) is 5.16 Å². The normalized spacial score (nSPS) is 18.9. The van der Waals surface area contributed by atoms with Gasteiger partial charge < -0.3 is 4.84 Å². The highest BCUT2D eigenvalue weighted by Crippen LogP contribution is 2.38. The van der Waals surface area contributed by atoms with Gasteiger partial charge in [-0.25, -0.2) is 0 Å². The fourth-order valence-corrected chi connectivity index (χ4v) is 3.93. The molecule has 3 rings (SSSR count). The van der Waals surface area contributed by atoms with E-state index in [1.54, 1.807) is 6.07 Å². The largest absolute Gasteiger partial charge is 0.384 e. The Hall–Kier alpha value is -1.84. The summed E-state index contributed by atoms with van der Waals surface area (Å²) < 4.78 is 0. The first kappa shape index (κ1) is 19.9. The standard InChI is InChI=1S/C22H23Cl2NO2/c1-4-6-21(26)19-8-7-15(9-14(19)5-2)20-13-22(3,27-25-20)16-10-17(23)12-18(24)11-16/h7-12H,4-6,13H2,1-3H3. The van der Waals surface area contributed by atoms with E-state index < -0.39 is 5.60 Å². The second-order valence-electron chi connectivity index (χ2n) is 7.09. The van der Waals surface area contributed by atoms with E-state index in [1.807, 2.05) is 38.1 Å². The summed E-state index contributed by atoms with van der Waals surface area (Å²) in [6, 6.07) is 11.3. The van der Waals surface area contributed by atoms with Gasteiger partial charge in [-0.15, -0.1) is 0 Å². The molecule has 0 saturated carbocycles. The third-order valence-electron chi connectivity index (χ3n) is 4.93. The summed E-state index contributed by atoms with van der Waals surface area (Å²) in [5, 5.41) is 5.47. The Morgan fingerprint density at radius 3 is 2.48 bits per heavy atom. The minimum absolute atomic E-state index is 0.198. The van der Waals surface area contributed by atoms with Crippen molar-refractivity contribution in [3.63, 3.8) is 0 Å². The van der Waals surface area contributed by atoms with Gasteiger partial charge in [-0.05, 0) is 55.2 Å². The Bertz CT molecular complexity index is 887. The third kappa shape index (κ3) is 4.20. The Balaban J connectivity index is 1.87. The van der Waals surface area contributed by atoms with Crippen LogP contribution in [0.3, 0.4) is 0 Å².